The molecule has 0 radical (unpaired) electrons. The molecule has 1 aromatic rings. The van der Waals surface area contributed by atoms with Gasteiger partial charge in [0.05, 0.1) is 11.7 Å². The Labute approximate surface area is 184 Å². The minimum absolute atomic E-state index is 0.189. The zero-order valence-corrected chi connectivity index (χ0v) is 18.7. The van der Waals surface area contributed by atoms with Gasteiger partial charge in [-0.3, -0.25) is 4.79 Å². The molecule has 1 heterocycles. The molecular formula is C25H34F3NO2. The largest absolute Gasteiger partial charge is 0.462 e. The first kappa shape index (κ1) is 26.7. The quantitative estimate of drug-likeness (QED) is 0.436. The molecule has 0 aromatic heterocycles. The summed E-state index contributed by atoms with van der Waals surface area (Å²) in [6.07, 6.45) is 4.91. The summed E-state index contributed by atoms with van der Waals surface area (Å²) < 4.78 is 43.3. The summed E-state index contributed by atoms with van der Waals surface area (Å²) in [4.78, 5) is 12.0. The third kappa shape index (κ3) is 10.0. The Balaban J connectivity index is 0.000000592. The van der Waals surface area contributed by atoms with E-state index in [4.69, 9.17) is 4.74 Å². The molecule has 1 aliphatic rings. The molecule has 1 saturated heterocycles. The number of nitrogens with one attached hydrogen (secondary N) is 1. The lowest BCUT2D eigenvalue weighted by atomic mass is 9.89. The van der Waals surface area contributed by atoms with Crippen molar-refractivity contribution in [2.24, 2.45) is 5.92 Å². The molecule has 172 valence electrons. The molecule has 1 N–H and O–H groups in total. The normalized spacial score (nSPS) is 22.7. The molecule has 6 heteroatoms. The molecule has 2 unspecified atom stereocenters. The van der Waals surface area contributed by atoms with Crippen LogP contribution in [-0.2, 0) is 22.1 Å². The van der Waals surface area contributed by atoms with Gasteiger partial charge in [-0.2, -0.15) is 13.2 Å². The predicted octanol–water partition coefficient (Wildman–Crippen LogP) is 6.26. The van der Waals surface area contributed by atoms with E-state index in [2.05, 4.69) is 18.5 Å². The van der Waals surface area contributed by atoms with Gasteiger partial charge in [0, 0.05) is 0 Å². The molecule has 0 spiro atoms. The van der Waals surface area contributed by atoms with Gasteiger partial charge in [0.1, 0.15) is 6.04 Å². The molecular weight excluding hydrogens is 403 g/mol. The second-order valence-electron chi connectivity index (χ2n) is 7.87. The van der Waals surface area contributed by atoms with Crippen molar-refractivity contribution in [1.29, 1.82) is 0 Å². The van der Waals surface area contributed by atoms with Crippen molar-refractivity contribution in [3.05, 3.63) is 72.4 Å². The lowest BCUT2D eigenvalue weighted by Gasteiger charge is -2.20. The molecule has 1 fully saturated rings. The van der Waals surface area contributed by atoms with Crippen molar-refractivity contribution in [2.45, 2.75) is 64.3 Å². The van der Waals surface area contributed by atoms with Crippen LogP contribution in [0.15, 0.2) is 61.2 Å². The summed E-state index contributed by atoms with van der Waals surface area (Å²) in [7, 11) is 1.74. The van der Waals surface area contributed by atoms with Crippen LogP contribution in [0.4, 0.5) is 13.2 Å². The fraction of sp³-hybridized carbons (Fsp3) is 0.480. The summed E-state index contributed by atoms with van der Waals surface area (Å²) in [5.74, 6) is 0.0697. The molecule has 1 aliphatic heterocycles. The van der Waals surface area contributed by atoms with Gasteiger partial charge in [-0.05, 0) is 70.2 Å². The number of halogens is 3. The minimum Gasteiger partial charge on any atom is -0.462 e. The second-order valence-corrected chi connectivity index (χ2v) is 7.87. The monoisotopic (exact) mass is 437 g/mol. The van der Waals surface area contributed by atoms with Crippen LogP contribution in [-0.4, -0.2) is 25.2 Å². The van der Waals surface area contributed by atoms with E-state index in [1.807, 2.05) is 19.9 Å². The number of likely N-dealkylation sites (N-methyl/N-ethyl adjacent to an activating group) is 1. The highest BCUT2D eigenvalue weighted by Gasteiger charge is 2.30. The van der Waals surface area contributed by atoms with E-state index in [1.165, 1.54) is 0 Å². The van der Waals surface area contributed by atoms with Crippen molar-refractivity contribution >= 4 is 5.97 Å². The number of carbonyl (C=O) groups excluding carboxylic acids is 1. The summed E-state index contributed by atoms with van der Waals surface area (Å²) >= 11 is 0. The maximum atomic E-state index is 12.6. The van der Waals surface area contributed by atoms with E-state index in [-0.39, 0.29) is 18.1 Å². The Hall–Kier alpha value is -2.34. The van der Waals surface area contributed by atoms with Crippen LogP contribution in [0.5, 0.6) is 0 Å². The Kier molecular flexibility index (Phi) is 11.3. The lowest BCUT2D eigenvalue weighted by molar-refractivity contribution is -0.151. The average molecular weight is 438 g/mol. The minimum atomic E-state index is -4.30. The molecule has 0 saturated carbocycles. The van der Waals surface area contributed by atoms with Crippen molar-refractivity contribution < 1.29 is 22.7 Å². The van der Waals surface area contributed by atoms with Gasteiger partial charge in [0.25, 0.3) is 0 Å². The number of carbonyl (C=O) groups is 1. The van der Waals surface area contributed by atoms with Crippen LogP contribution in [0.1, 0.15) is 50.7 Å². The number of ether oxygens (including phenoxy) is 1. The van der Waals surface area contributed by atoms with Crippen molar-refractivity contribution in [1.82, 2.24) is 5.32 Å². The van der Waals surface area contributed by atoms with E-state index >= 15 is 0 Å². The van der Waals surface area contributed by atoms with E-state index in [0.29, 0.717) is 18.8 Å². The van der Waals surface area contributed by atoms with Gasteiger partial charge in [0.2, 0.25) is 0 Å². The summed E-state index contributed by atoms with van der Waals surface area (Å²) in [5, 5.41) is 2.97. The maximum absolute atomic E-state index is 12.6. The first-order valence-electron chi connectivity index (χ1n) is 10.6. The van der Waals surface area contributed by atoms with Crippen LogP contribution >= 0.6 is 0 Å². The molecule has 0 aliphatic carbocycles. The Morgan fingerprint density at radius 1 is 1.23 bits per heavy atom. The first-order chi connectivity index (χ1) is 14.6. The number of alkyl halides is 3. The van der Waals surface area contributed by atoms with E-state index < -0.39 is 11.7 Å². The molecule has 2 rings (SSSR count). The number of rotatable bonds is 5. The molecule has 3 nitrogen and oxygen atoms in total. The van der Waals surface area contributed by atoms with E-state index in [0.717, 1.165) is 42.5 Å². The summed E-state index contributed by atoms with van der Waals surface area (Å²) in [6, 6.07) is 5.07. The topological polar surface area (TPSA) is 38.3 Å². The van der Waals surface area contributed by atoms with Crippen LogP contribution in [0.25, 0.3) is 0 Å². The fourth-order valence-corrected chi connectivity index (χ4v) is 3.51. The zero-order chi connectivity index (χ0) is 23.4. The Bertz CT molecular complexity index is 738. The third-order valence-electron chi connectivity index (χ3n) is 5.23. The van der Waals surface area contributed by atoms with Crippen LogP contribution in [0.3, 0.4) is 0 Å². The highest BCUT2D eigenvalue weighted by atomic mass is 19.4. The van der Waals surface area contributed by atoms with Gasteiger partial charge in [0.15, 0.2) is 0 Å². The lowest BCUT2D eigenvalue weighted by Crippen LogP contribution is -2.36. The van der Waals surface area contributed by atoms with Gasteiger partial charge >= 0.3 is 12.1 Å². The number of benzene rings is 1. The molecule has 0 amide bonds. The van der Waals surface area contributed by atoms with E-state index in [1.54, 1.807) is 31.3 Å². The number of cyclic esters (lactones) is 1. The first-order valence-corrected chi connectivity index (χ1v) is 10.6. The SMILES string of the molecule is C=C/C=C(/C)C=C.CN[C@H]1CCCC(Cc2ccc(C(F)(F)F)cc2)CC(C)OC1=O. The Morgan fingerprint density at radius 3 is 2.35 bits per heavy atom. The number of hydrogen-bond acceptors (Lipinski definition) is 3. The predicted molar refractivity (Wildman–Crippen MR) is 120 cm³/mol. The molecule has 1 aromatic carbocycles. The van der Waals surface area contributed by atoms with Crippen molar-refractivity contribution in [3.63, 3.8) is 0 Å². The average Bonchev–Trinajstić information content (AvgIpc) is 2.77. The van der Waals surface area contributed by atoms with Crippen LogP contribution < -0.4 is 5.32 Å². The highest BCUT2D eigenvalue weighted by molar-refractivity contribution is 5.75. The van der Waals surface area contributed by atoms with Gasteiger partial charge in [-0.15, -0.1) is 0 Å². The van der Waals surface area contributed by atoms with Gasteiger partial charge in [-0.25, -0.2) is 0 Å². The second kappa shape index (κ2) is 13.2. The summed E-state index contributed by atoms with van der Waals surface area (Å²) in [6.45, 7) is 10.9. The smallest absolute Gasteiger partial charge is 0.416 e. The zero-order valence-electron chi connectivity index (χ0n) is 18.7. The molecule has 3 atom stereocenters. The van der Waals surface area contributed by atoms with Gasteiger partial charge < -0.3 is 10.1 Å². The van der Waals surface area contributed by atoms with Crippen LogP contribution in [0, 0.1) is 5.92 Å². The van der Waals surface area contributed by atoms with Crippen LogP contribution in [0.2, 0.25) is 0 Å². The van der Waals surface area contributed by atoms with Crippen molar-refractivity contribution in [2.75, 3.05) is 7.05 Å². The number of esters is 1. The molecule has 31 heavy (non-hydrogen) atoms. The maximum Gasteiger partial charge on any atom is 0.416 e. The number of allylic oxidation sites excluding steroid dienone is 4. The standard InChI is InChI=1S/C18H24F3NO2.C7H10/c1-12-10-14(4-3-5-16(22-2)17(23)24-12)11-13-6-8-15(9-7-13)18(19,20)21;1-4-6-7(3)5-2/h6-9,12,14,16,22H,3-5,10-11H2,1-2H3;4-6H,1-2H2,3H3/b;7-6-/t12?,14?,16-;/m0./s1. The molecule has 0 bridgehead atoms. The highest BCUT2D eigenvalue weighted by Crippen LogP contribution is 2.30. The fourth-order valence-electron chi connectivity index (χ4n) is 3.51. The number of hydrogen-bond donors (Lipinski definition) is 1. The van der Waals surface area contributed by atoms with E-state index in [9.17, 15) is 18.0 Å². The summed E-state index contributed by atoms with van der Waals surface area (Å²) in [5.41, 5.74) is 1.41. The third-order valence-corrected chi connectivity index (χ3v) is 5.23. The van der Waals surface area contributed by atoms with Gasteiger partial charge in [-0.1, -0.05) is 55.5 Å². The Morgan fingerprint density at radius 2 is 1.87 bits per heavy atom. The van der Waals surface area contributed by atoms with Crippen molar-refractivity contribution in [3.8, 4) is 0 Å².